The van der Waals surface area contributed by atoms with E-state index in [1.807, 2.05) is 0 Å². The predicted molar refractivity (Wildman–Crippen MR) is 37.1 cm³/mol. The smallest absolute Gasteiger partial charge is 0.354 e. The van der Waals surface area contributed by atoms with Crippen molar-refractivity contribution in [2.45, 2.75) is 0 Å². The second-order valence-corrected chi connectivity index (χ2v) is 2.21. The molecule has 0 bridgehead atoms. The third-order valence-corrected chi connectivity index (χ3v) is 1.41. The fourth-order valence-corrected chi connectivity index (χ4v) is 0.780. The molecule has 1 rings (SSSR count). The molecule has 0 unspecified atom stereocenters. The fraction of sp³-hybridized carbons (Fsp3) is 0.167. The molecule has 5 heteroatoms. The average Bonchev–Trinajstić information content (AvgIpc) is 2.31. The first-order valence-electron chi connectivity index (χ1n) is 2.77. The Morgan fingerprint density at radius 1 is 1.82 bits per heavy atom. The number of aromatic nitrogens is 1. The number of ether oxygens (including phenoxy) is 1. The van der Waals surface area contributed by atoms with Crippen LogP contribution in [0.2, 0.25) is 5.15 Å². The van der Waals surface area contributed by atoms with E-state index in [9.17, 15) is 9.18 Å². The number of nitrogens with one attached hydrogen (secondary N) is 1. The zero-order valence-electron chi connectivity index (χ0n) is 5.65. The third kappa shape index (κ3) is 1.51. The Morgan fingerprint density at radius 2 is 2.45 bits per heavy atom. The van der Waals surface area contributed by atoms with Crippen molar-refractivity contribution in [1.29, 1.82) is 0 Å². The highest BCUT2D eigenvalue weighted by molar-refractivity contribution is 6.29. The maximum atomic E-state index is 12.5. The summed E-state index contributed by atoms with van der Waals surface area (Å²) < 4.78 is 16.8. The van der Waals surface area contributed by atoms with Gasteiger partial charge in [-0.15, -0.1) is 0 Å². The summed E-state index contributed by atoms with van der Waals surface area (Å²) in [4.78, 5) is 13.0. The molecular weight excluding hydrogens is 173 g/mol. The van der Waals surface area contributed by atoms with Gasteiger partial charge in [0.1, 0.15) is 10.8 Å². The lowest BCUT2D eigenvalue weighted by atomic mass is 10.4. The van der Waals surface area contributed by atoms with E-state index in [2.05, 4.69) is 9.72 Å². The maximum absolute atomic E-state index is 12.5. The number of rotatable bonds is 1. The van der Waals surface area contributed by atoms with Crippen LogP contribution in [0, 0.1) is 5.82 Å². The molecule has 0 aliphatic rings. The first-order valence-corrected chi connectivity index (χ1v) is 3.15. The van der Waals surface area contributed by atoms with Crippen molar-refractivity contribution in [1.82, 2.24) is 4.98 Å². The molecule has 11 heavy (non-hydrogen) atoms. The monoisotopic (exact) mass is 177 g/mol. The summed E-state index contributed by atoms with van der Waals surface area (Å²) in [5, 5.41) is -0.189. The van der Waals surface area contributed by atoms with Gasteiger partial charge in [-0.1, -0.05) is 11.6 Å². The Bertz CT molecular complexity index is 265. The van der Waals surface area contributed by atoms with Crippen LogP contribution in [0.25, 0.3) is 0 Å². The van der Waals surface area contributed by atoms with Crippen molar-refractivity contribution in [3.8, 4) is 0 Å². The van der Waals surface area contributed by atoms with Gasteiger partial charge >= 0.3 is 5.97 Å². The molecule has 1 aromatic heterocycles. The molecule has 0 aromatic carbocycles. The van der Waals surface area contributed by atoms with Gasteiger partial charge in [-0.2, -0.15) is 0 Å². The standard InChI is InChI=1S/C6H5ClFNO2/c1-11-6(10)4-2-3(8)5(7)9-4/h2,9H,1H3. The largest absolute Gasteiger partial charge is 0.464 e. The topological polar surface area (TPSA) is 42.1 Å². The van der Waals surface area contributed by atoms with E-state index >= 15 is 0 Å². The molecule has 0 aliphatic carbocycles. The van der Waals surface area contributed by atoms with Crippen LogP contribution >= 0.6 is 11.6 Å². The SMILES string of the molecule is COC(=O)c1cc(F)c(Cl)[nH]1. The van der Waals surface area contributed by atoms with Crippen LogP contribution in [0.3, 0.4) is 0 Å². The van der Waals surface area contributed by atoms with E-state index in [0.29, 0.717) is 0 Å². The molecule has 0 saturated heterocycles. The molecule has 1 N–H and O–H groups in total. The number of carbonyl (C=O) groups is 1. The van der Waals surface area contributed by atoms with E-state index < -0.39 is 11.8 Å². The first kappa shape index (κ1) is 8.07. The van der Waals surface area contributed by atoms with Crippen molar-refractivity contribution in [2.24, 2.45) is 0 Å². The van der Waals surface area contributed by atoms with Gasteiger partial charge in [0.05, 0.1) is 7.11 Å². The van der Waals surface area contributed by atoms with Gasteiger partial charge in [-0.3, -0.25) is 0 Å². The van der Waals surface area contributed by atoms with Crippen molar-refractivity contribution in [3.63, 3.8) is 0 Å². The molecular formula is C6H5ClFNO2. The van der Waals surface area contributed by atoms with Crippen LogP contribution in [-0.2, 0) is 4.74 Å². The fourth-order valence-electron chi connectivity index (χ4n) is 0.624. The minimum absolute atomic E-state index is 0.00926. The molecule has 0 radical (unpaired) electrons. The Labute approximate surface area is 67.1 Å². The minimum Gasteiger partial charge on any atom is -0.464 e. The van der Waals surface area contributed by atoms with Gasteiger partial charge in [-0.25, -0.2) is 9.18 Å². The molecule has 1 aromatic rings. The summed E-state index contributed by atoms with van der Waals surface area (Å²) in [6.07, 6.45) is 0. The number of hydrogen-bond acceptors (Lipinski definition) is 2. The molecule has 0 amide bonds. The highest BCUT2D eigenvalue weighted by Crippen LogP contribution is 2.14. The second-order valence-electron chi connectivity index (χ2n) is 1.84. The third-order valence-electron chi connectivity index (χ3n) is 1.13. The number of H-pyrrole nitrogens is 1. The van der Waals surface area contributed by atoms with Crippen LogP contribution in [0.1, 0.15) is 10.5 Å². The van der Waals surface area contributed by atoms with Gasteiger partial charge in [0.2, 0.25) is 0 Å². The van der Waals surface area contributed by atoms with Crippen LogP contribution in [0.15, 0.2) is 6.07 Å². The molecule has 0 fully saturated rings. The normalized spacial score (nSPS) is 9.73. The highest BCUT2D eigenvalue weighted by atomic mass is 35.5. The summed E-state index contributed by atoms with van der Waals surface area (Å²) in [7, 11) is 1.20. The molecule has 0 aliphatic heterocycles. The highest BCUT2D eigenvalue weighted by Gasteiger charge is 2.11. The lowest BCUT2D eigenvalue weighted by molar-refractivity contribution is 0.0594. The summed E-state index contributed by atoms with van der Waals surface area (Å²) in [6.45, 7) is 0. The van der Waals surface area contributed by atoms with Gasteiger partial charge < -0.3 is 9.72 Å². The Kier molecular flexibility index (Phi) is 2.14. The van der Waals surface area contributed by atoms with Gasteiger partial charge in [0, 0.05) is 6.07 Å². The Morgan fingerprint density at radius 3 is 2.82 bits per heavy atom. The molecule has 3 nitrogen and oxygen atoms in total. The Hall–Kier alpha value is -1.03. The quantitative estimate of drug-likeness (QED) is 0.662. The zero-order valence-corrected chi connectivity index (χ0v) is 6.41. The summed E-state index contributed by atoms with van der Waals surface area (Å²) >= 11 is 5.29. The number of hydrogen-bond donors (Lipinski definition) is 1. The average molecular weight is 178 g/mol. The van der Waals surface area contributed by atoms with Gasteiger partial charge in [0.25, 0.3) is 0 Å². The van der Waals surface area contributed by atoms with Gasteiger partial charge in [0.15, 0.2) is 5.82 Å². The van der Waals surface area contributed by atoms with E-state index in [0.717, 1.165) is 6.07 Å². The van der Waals surface area contributed by atoms with Crippen LogP contribution in [0.4, 0.5) is 4.39 Å². The zero-order chi connectivity index (χ0) is 8.43. The van der Waals surface area contributed by atoms with Crippen molar-refractivity contribution < 1.29 is 13.9 Å². The van der Waals surface area contributed by atoms with Crippen molar-refractivity contribution >= 4 is 17.6 Å². The molecule has 60 valence electrons. The lowest BCUT2D eigenvalue weighted by Gasteiger charge is -1.91. The van der Waals surface area contributed by atoms with Crippen LogP contribution in [-0.4, -0.2) is 18.1 Å². The number of halogens is 2. The Balaban J connectivity index is 2.97. The van der Waals surface area contributed by atoms with Crippen molar-refractivity contribution in [2.75, 3.05) is 7.11 Å². The molecule has 0 spiro atoms. The predicted octanol–water partition coefficient (Wildman–Crippen LogP) is 1.59. The van der Waals surface area contributed by atoms with E-state index in [-0.39, 0.29) is 10.8 Å². The lowest BCUT2D eigenvalue weighted by Crippen LogP contribution is -2.00. The van der Waals surface area contributed by atoms with Crippen LogP contribution in [0.5, 0.6) is 0 Å². The minimum atomic E-state index is -0.660. The van der Waals surface area contributed by atoms with Gasteiger partial charge in [-0.05, 0) is 0 Å². The number of esters is 1. The maximum Gasteiger partial charge on any atom is 0.354 e. The molecule has 0 atom stereocenters. The first-order chi connectivity index (χ1) is 5.15. The summed E-state index contributed by atoms with van der Waals surface area (Å²) in [5.41, 5.74) is 0.00926. The molecule has 0 saturated carbocycles. The molecule has 1 heterocycles. The van der Waals surface area contributed by atoms with E-state index in [1.54, 1.807) is 0 Å². The number of aromatic amines is 1. The number of carbonyl (C=O) groups excluding carboxylic acids is 1. The van der Waals surface area contributed by atoms with Crippen molar-refractivity contribution in [3.05, 3.63) is 22.7 Å². The van der Waals surface area contributed by atoms with E-state index in [1.165, 1.54) is 7.11 Å². The second kappa shape index (κ2) is 2.92. The summed E-state index contributed by atoms with van der Waals surface area (Å²) in [5.74, 6) is -1.30. The van der Waals surface area contributed by atoms with Crippen LogP contribution < -0.4 is 0 Å². The summed E-state index contributed by atoms with van der Waals surface area (Å²) in [6, 6.07) is 0.980. The number of methoxy groups -OCH3 is 1. The van der Waals surface area contributed by atoms with E-state index in [4.69, 9.17) is 11.6 Å².